The van der Waals surface area contributed by atoms with Gasteiger partial charge in [0.05, 0.1) is 13.2 Å². The second-order valence-corrected chi connectivity index (χ2v) is 4.81. The van der Waals surface area contributed by atoms with E-state index in [0.717, 1.165) is 5.56 Å². The molecule has 0 spiro atoms. The first-order valence-corrected chi connectivity index (χ1v) is 6.64. The largest absolute Gasteiger partial charge is 0.383 e. The van der Waals surface area contributed by atoms with Crippen LogP contribution in [0, 0.1) is 0 Å². The molecule has 1 aromatic rings. The van der Waals surface area contributed by atoms with E-state index in [1.165, 1.54) is 24.8 Å². The Morgan fingerprint density at radius 3 is 2.83 bits per heavy atom. The zero-order valence-corrected chi connectivity index (χ0v) is 10.9. The summed E-state index contributed by atoms with van der Waals surface area (Å²) in [5.41, 5.74) is 2.13. The minimum Gasteiger partial charge on any atom is -0.383 e. The fraction of sp³-hybridized carbons (Fsp3) is 0.533. The molecule has 2 rings (SSSR count). The van der Waals surface area contributed by atoms with E-state index in [-0.39, 0.29) is 5.78 Å². The van der Waals surface area contributed by atoms with Crippen molar-refractivity contribution in [1.29, 1.82) is 0 Å². The van der Waals surface area contributed by atoms with E-state index in [1.54, 1.807) is 7.11 Å². The van der Waals surface area contributed by atoms with E-state index >= 15 is 0 Å². The smallest absolute Gasteiger partial charge is 0.176 e. The molecule has 98 valence electrons. The van der Waals surface area contributed by atoms with Crippen LogP contribution in [-0.2, 0) is 4.74 Å². The SMILES string of the molecule is COCCNCC(=O)c1ccccc1C1CCC1. The van der Waals surface area contributed by atoms with Gasteiger partial charge in [0, 0.05) is 19.2 Å². The third-order valence-corrected chi connectivity index (χ3v) is 3.57. The summed E-state index contributed by atoms with van der Waals surface area (Å²) in [6, 6.07) is 8.04. The fourth-order valence-electron chi connectivity index (χ4n) is 2.30. The maximum Gasteiger partial charge on any atom is 0.176 e. The van der Waals surface area contributed by atoms with Gasteiger partial charge in [-0.05, 0) is 24.3 Å². The maximum atomic E-state index is 12.2. The Kier molecular flexibility index (Phi) is 4.90. The molecule has 1 fully saturated rings. The molecule has 1 aliphatic rings. The molecule has 0 saturated heterocycles. The summed E-state index contributed by atoms with van der Waals surface area (Å²) in [5, 5.41) is 3.11. The van der Waals surface area contributed by atoms with Crippen molar-refractivity contribution in [3.63, 3.8) is 0 Å². The Morgan fingerprint density at radius 2 is 2.17 bits per heavy atom. The van der Waals surface area contributed by atoms with E-state index in [2.05, 4.69) is 11.4 Å². The highest BCUT2D eigenvalue weighted by Gasteiger charge is 2.23. The summed E-state index contributed by atoms with van der Waals surface area (Å²) >= 11 is 0. The minimum absolute atomic E-state index is 0.189. The third kappa shape index (κ3) is 3.18. The number of carbonyl (C=O) groups excluding carboxylic acids is 1. The number of rotatable bonds is 7. The number of Topliss-reactive ketones (excluding diaryl/α,β-unsaturated/α-hetero) is 1. The van der Waals surface area contributed by atoms with Crippen molar-refractivity contribution >= 4 is 5.78 Å². The van der Waals surface area contributed by atoms with Crippen LogP contribution in [-0.4, -0.2) is 32.6 Å². The fourth-order valence-corrected chi connectivity index (χ4v) is 2.30. The maximum absolute atomic E-state index is 12.2. The number of carbonyl (C=O) groups is 1. The van der Waals surface area contributed by atoms with Crippen LogP contribution in [0.2, 0.25) is 0 Å². The van der Waals surface area contributed by atoms with Gasteiger partial charge < -0.3 is 10.1 Å². The molecule has 1 N–H and O–H groups in total. The number of ether oxygens (including phenoxy) is 1. The average Bonchev–Trinajstić information content (AvgIpc) is 2.33. The van der Waals surface area contributed by atoms with Crippen LogP contribution in [0.4, 0.5) is 0 Å². The van der Waals surface area contributed by atoms with Crippen molar-refractivity contribution < 1.29 is 9.53 Å². The van der Waals surface area contributed by atoms with E-state index in [4.69, 9.17) is 4.74 Å². The van der Waals surface area contributed by atoms with Crippen LogP contribution >= 0.6 is 0 Å². The van der Waals surface area contributed by atoms with E-state index in [9.17, 15) is 4.79 Å². The zero-order valence-electron chi connectivity index (χ0n) is 10.9. The molecule has 0 aliphatic heterocycles. The van der Waals surface area contributed by atoms with Gasteiger partial charge in [-0.25, -0.2) is 0 Å². The lowest BCUT2D eigenvalue weighted by Crippen LogP contribution is -2.27. The topological polar surface area (TPSA) is 38.3 Å². The Bertz CT molecular complexity index is 399. The van der Waals surface area contributed by atoms with Crippen molar-refractivity contribution in [2.45, 2.75) is 25.2 Å². The van der Waals surface area contributed by atoms with Gasteiger partial charge in [0.15, 0.2) is 5.78 Å². The number of benzene rings is 1. The molecule has 3 heteroatoms. The van der Waals surface area contributed by atoms with Crippen LogP contribution in [0.3, 0.4) is 0 Å². The Hall–Kier alpha value is -1.19. The van der Waals surface area contributed by atoms with Crippen molar-refractivity contribution in [2.24, 2.45) is 0 Å². The first-order chi connectivity index (χ1) is 8.83. The van der Waals surface area contributed by atoms with Crippen LogP contribution in [0.1, 0.15) is 41.1 Å². The molecule has 0 atom stereocenters. The molecule has 18 heavy (non-hydrogen) atoms. The van der Waals surface area contributed by atoms with Gasteiger partial charge in [-0.2, -0.15) is 0 Å². The lowest BCUT2D eigenvalue weighted by atomic mass is 9.77. The van der Waals surface area contributed by atoms with E-state index in [0.29, 0.717) is 25.6 Å². The van der Waals surface area contributed by atoms with Crippen LogP contribution in [0.25, 0.3) is 0 Å². The summed E-state index contributed by atoms with van der Waals surface area (Å²) in [5.74, 6) is 0.790. The Balaban J connectivity index is 1.96. The van der Waals surface area contributed by atoms with Crippen molar-refractivity contribution in [3.8, 4) is 0 Å². The predicted molar refractivity (Wildman–Crippen MR) is 72.1 cm³/mol. The van der Waals surface area contributed by atoms with Crippen LogP contribution in [0.15, 0.2) is 24.3 Å². The Labute approximate surface area is 109 Å². The van der Waals surface area contributed by atoms with Crippen LogP contribution < -0.4 is 5.32 Å². The summed E-state index contributed by atoms with van der Waals surface area (Å²) < 4.78 is 4.94. The lowest BCUT2D eigenvalue weighted by molar-refractivity contribution is 0.0985. The van der Waals surface area contributed by atoms with Crippen LogP contribution in [0.5, 0.6) is 0 Å². The van der Waals surface area contributed by atoms with Gasteiger partial charge in [0.25, 0.3) is 0 Å². The molecule has 3 nitrogen and oxygen atoms in total. The molecule has 1 saturated carbocycles. The summed E-state index contributed by atoms with van der Waals surface area (Å²) in [6.07, 6.45) is 3.74. The first kappa shape index (κ1) is 13.2. The van der Waals surface area contributed by atoms with Gasteiger partial charge in [0.2, 0.25) is 0 Å². The average molecular weight is 247 g/mol. The normalized spacial score (nSPS) is 15.4. The molecular weight excluding hydrogens is 226 g/mol. The number of hydrogen-bond donors (Lipinski definition) is 1. The molecule has 0 bridgehead atoms. The lowest BCUT2D eigenvalue weighted by Gasteiger charge is -2.27. The number of hydrogen-bond acceptors (Lipinski definition) is 3. The molecular formula is C15H21NO2. The summed E-state index contributed by atoms with van der Waals surface area (Å²) in [6.45, 7) is 1.75. The van der Waals surface area contributed by atoms with Gasteiger partial charge in [-0.15, -0.1) is 0 Å². The summed E-state index contributed by atoms with van der Waals surface area (Å²) in [7, 11) is 1.66. The number of nitrogens with one attached hydrogen (secondary N) is 1. The van der Waals surface area contributed by atoms with Crippen molar-refractivity contribution in [2.75, 3.05) is 26.8 Å². The highest BCUT2D eigenvalue weighted by molar-refractivity contribution is 5.99. The zero-order chi connectivity index (χ0) is 12.8. The highest BCUT2D eigenvalue weighted by atomic mass is 16.5. The van der Waals surface area contributed by atoms with E-state index < -0.39 is 0 Å². The standard InChI is InChI=1S/C15H21NO2/c1-18-10-9-16-11-15(17)14-8-3-2-7-13(14)12-5-4-6-12/h2-3,7-8,12,16H,4-6,9-11H2,1H3. The second-order valence-electron chi connectivity index (χ2n) is 4.81. The quantitative estimate of drug-likeness (QED) is 0.594. The highest BCUT2D eigenvalue weighted by Crippen LogP contribution is 2.37. The van der Waals surface area contributed by atoms with E-state index in [1.807, 2.05) is 18.2 Å². The van der Waals surface area contributed by atoms with Gasteiger partial charge >= 0.3 is 0 Å². The molecule has 1 aromatic carbocycles. The molecule has 0 aromatic heterocycles. The number of ketones is 1. The molecule has 1 aliphatic carbocycles. The molecule has 0 radical (unpaired) electrons. The first-order valence-electron chi connectivity index (χ1n) is 6.64. The molecule has 0 heterocycles. The van der Waals surface area contributed by atoms with Crippen molar-refractivity contribution in [1.82, 2.24) is 5.32 Å². The van der Waals surface area contributed by atoms with Gasteiger partial charge in [-0.3, -0.25) is 4.79 Å². The van der Waals surface area contributed by atoms with Gasteiger partial charge in [0.1, 0.15) is 0 Å². The minimum atomic E-state index is 0.189. The van der Waals surface area contributed by atoms with Crippen molar-refractivity contribution in [3.05, 3.63) is 35.4 Å². The molecule has 0 unspecified atom stereocenters. The molecule has 0 amide bonds. The van der Waals surface area contributed by atoms with Gasteiger partial charge in [-0.1, -0.05) is 30.7 Å². The Morgan fingerprint density at radius 1 is 1.39 bits per heavy atom. The second kappa shape index (κ2) is 6.66. The predicted octanol–water partition coefficient (Wildman–Crippen LogP) is 2.37. The number of methoxy groups -OCH3 is 1. The monoisotopic (exact) mass is 247 g/mol. The summed E-state index contributed by atoms with van der Waals surface area (Å²) in [4.78, 5) is 12.2. The third-order valence-electron chi connectivity index (χ3n) is 3.57.